The lowest BCUT2D eigenvalue weighted by molar-refractivity contribution is 0.309. The van der Waals surface area contributed by atoms with Crippen molar-refractivity contribution in [2.24, 2.45) is 5.92 Å². The molecule has 5 heteroatoms. The number of methoxy groups -OCH3 is 2. The zero-order chi connectivity index (χ0) is 15.2. The van der Waals surface area contributed by atoms with E-state index >= 15 is 0 Å². The van der Waals surface area contributed by atoms with Gasteiger partial charge in [-0.1, -0.05) is 19.8 Å². The zero-order valence-electron chi connectivity index (χ0n) is 12.9. The monoisotopic (exact) mass is 308 g/mol. The molecule has 0 heterocycles. The lowest BCUT2D eigenvalue weighted by atomic mass is 9.86. The van der Waals surface area contributed by atoms with E-state index in [-0.39, 0.29) is 0 Å². The summed E-state index contributed by atoms with van der Waals surface area (Å²) in [6.07, 6.45) is 5.06. The minimum atomic E-state index is 0.464. The van der Waals surface area contributed by atoms with Gasteiger partial charge in [-0.3, -0.25) is 0 Å². The van der Waals surface area contributed by atoms with Crippen LogP contribution in [-0.4, -0.2) is 25.4 Å². The van der Waals surface area contributed by atoms with E-state index in [0.29, 0.717) is 17.1 Å². The third-order valence-corrected chi connectivity index (χ3v) is 4.26. The summed E-state index contributed by atoms with van der Waals surface area (Å²) < 4.78 is 10.5. The van der Waals surface area contributed by atoms with Gasteiger partial charge in [-0.2, -0.15) is 0 Å². The van der Waals surface area contributed by atoms with Crippen LogP contribution in [0.3, 0.4) is 0 Å². The molecular weight excluding hydrogens is 284 g/mol. The van der Waals surface area contributed by atoms with Crippen molar-refractivity contribution in [2.75, 3.05) is 19.5 Å². The van der Waals surface area contributed by atoms with Crippen LogP contribution in [0.25, 0.3) is 0 Å². The van der Waals surface area contributed by atoms with Crippen LogP contribution in [0.4, 0.5) is 5.69 Å². The van der Waals surface area contributed by atoms with Gasteiger partial charge in [0.05, 0.1) is 14.2 Å². The molecule has 0 amide bonds. The van der Waals surface area contributed by atoms with Crippen molar-refractivity contribution < 1.29 is 9.47 Å². The predicted octanol–water partition coefficient (Wildman–Crippen LogP) is 3.57. The lowest BCUT2D eigenvalue weighted by Gasteiger charge is -2.30. The second-order valence-corrected chi connectivity index (χ2v) is 5.98. The fourth-order valence-electron chi connectivity index (χ4n) is 2.75. The summed E-state index contributed by atoms with van der Waals surface area (Å²) >= 11 is 5.42. The number of rotatable bonds is 4. The maximum Gasteiger partial charge on any atom is 0.171 e. The number of nitrogens with one attached hydrogen (secondary N) is 2. The highest BCUT2D eigenvalue weighted by Gasteiger charge is 2.21. The SMILES string of the molecule is COc1cc(NC(=S)N[C@@H]2CCCC[C@H]2C)cc(OC)c1. The average Bonchev–Trinajstić information content (AvgIpc) is 2.49. The molecule has 0 unspecified atom stereocenters. The quantitative estimate of drug-likeness (QED) is 0.832. The number of anilines is 1. The number of benzene rings is 1. The van der Waals surface area contributed by atoms with E-state index in [2.05, 4.69) is 17.6 Å². The van der Waals surface area contributed by atoms with Gasteiger partial charge >= 0.3 is 0 Å². The Morgan fingerprint density at radius 2 is 1.71 bits per heavy atom. The molecule has 1 aliphatic carbocycles. The Morgan fingerprint density at radius 3 is 2.29 bits per heavy atom. The van der Waals surface area contributed by atoms with Gasteiger partial charge in [0.25, 0.3) is 0 Å². The lowest BCUT2D eigenvalue weighted by Crippen LogP contribution is -2.43. The molecule has 1 aliphatic rings. The molecule has 0 spiro atoms. The van der Waals surface area contributed by atoms with E-state index in [1.165, 1.54) is 25.7 Å². The van der Waals surface area contributed by atoms with Crippen molar-refractivity contribution in [3.05, 3.63) is 18.2 Å². The summed E-state index contributed by atoms with van der Waals surface area (Å²) in [5.74, 6) is 2.15. The smallest absolute Gasteiger partial charge is 0.171 e. The topological polar surface area (TPSA) is 42.5 Å². The van der Waals surface area contributed by atoms with Crippen LogP contribution in [-0.2, 0) is 0 Å². The molecule has 2 rings (SSSR count). The van der Waals surface area contributed by atoms with E-state index in [4.69, 9.17) is 21.7 Å². The zero-order valence-corrected chi connectivity index (χ0v) is 13.8. The molecule has 1 saturated carbocycles. The van der Waals surface area contributed by atoms with Gasteiger partial charge in [-0.15, -0.1) is 0 Å². The number of thiocarbonyl (C=S) groups is 1. The molecule has 0 radical (unpaired) electrons. The molecular formula is C16H24N2O2S. The molecule has 1 aromatic carbocycles. The molecule has 1 aromatic rings. The first-order valence-corrected chi connectivity index (χ1v) is 7.84. The number of hydrogen-bond donors (Lipinski definition) is 2. The van der Waals surface area contributed by atoms with Crippen LogP contribution in [0.5, 0.6) is 11.5 Å². The van der Waals surface area contributed by atoms with E-state index in [0.717, 1.165) is 17.2 Å². The maximum absolute atomic E-state index is 5.42. The van der Waals surface area contributed by atoms with E-state index in [1.54, 1.807) is 14.2 Å². The molecule has 0 aliphatic heterocycles. The van der Waals surface area contributed by atoms with Gasteiger partial charge < -0.3 is 20.1 Å². The number of hydrogen-bond acceptors (Lipinski definition) is 3. The van der Waals surface area contributed by atoms with Crippen LogP contribution in [0.15, 0.2) is 18.2 Å². The highest BCUT2D eigenvalue weighted by Crippen LogP contribution is 2.26. The van der Waals surface area contributed by atoms with Crippen LogP contribution >= 0.6 is 12.2 Å². The molecule has 1 fully saturated rings. The van der Waals surface area contributed by atoms with Gasteiger partial charge in [-0.25, -0.2) is 0 Å². The van der Waals surface area contributed by atoms with Crippen LogP contribution in [0, 0.1) is 5.92 Å². The summed E-state index contributed by atoms with van der Waals surface area (Å²) in [4.78, 5) is 0. The molecule has 2 N–H and O–H groups in total. The molecule has 116 valence electrons. The summed E-state index contributed by atoms with van der Waals surface area (Å²) in [7, 11) is 3.28. The Kier molecular flexibility index (Phi) is 5.67. The minimum Gasteiger partial charge on any atom is -0.497 e. The standard InChI is InChI=1S/C16H24N2O2S/c1-11-6-4-5-7-15(11)18-16(21)17-12-8-13(19-2)10-14(9-12)20-3/h8-11,15H,4-7H2,1-3H3,(H2,17,18,21)/t11-,15-/m1/s1. The van der Waals surface area contributed by atoms with Gasteiger partial charge in [0.1, 0.15) is 11.5 Å². The Balaban J connectivity index is 1.98. The summed E-state index contributed by atoms with van der Waals surface area (Å²) in [6.45, 7) is 2.29. The Morgan fingerprint density at radius 1 is 1.10 bits per heavy atom. The van der Waals surface area contributed by atoms with Crippen molar-refractivity contribution >= 4 is 23.0 Å². The molecule has 0 saturated heterocycles. The summed E-state index contributed by atoms with van der Waals surface area (Å²) in [5, 5.41) is 7.31. The molecule has 0 bridgehead atoms. The summed E-state index contributed by atoms with van der Waals surface area (Å²) in [6, 6.07) is 6.11. The fraction of sp³-hybridized carbons (Fsp3) is 0.562. The van der Waals surface area contributed by atoms with E-state index < -0.39 is 0 Å². The second-order valence-electron chi connectivity index (χ2n) is 5.57. The molecule has 2 atom stereocenters. The van der Waals surface area contributed by atoms with Gasteiger partial charge in [0.2, 0.25) is 0 Å². The number of ether oxygens (including phenoxy) is 2. The van der Waals surface area contributed by atoms with Crippen LogP contribution in [0.2, 0.25) is 0 Å². The molecule has 4 nitrogen and oxygen atoms in total. The molecule has 21 heavy (non-hydrogen) atoms. The van der Waals surface area contributed by atoms with E-state index in [9.17, 15) is 0 Å². The normalized spacial score (nSPS) is 21.5. The molecule has 0 aromatic heterocycles. The van der Waals surface area contributed by atoms with Crippen LogP contribution in [0.1, 0.15) is 32.6 Å². The Labute approximate surface area is 132 Å². The van der Waals surface area contributed by atoms with Gasteiger partial charge in [-0.05, 0) is 31.0 Å². The highest BCUT2D eigenvalue weighted by molar-refractivity contribution is 7.80. The highest BCUT2D eigenvalue weighted by atomic mass is 32.1. The van der Waals surface area contributed by atoms with Crippen molar-refractivity contribution in [1.82, 2.24) is 5.32 Å². The van der Waals surface area contributed by atoms with Gasteiger partial charge in [0, 0.05) is 29.9 Å². The van der Waals surface area contributed by atoms with Crippen molar-refractivity contribution in [1.29, 1.82) is 0 Å². The van der Waals surface area contributed by atoms with Gasteiger partial charge in [0.15, 0.2) is 5.11 Å². The minimum absolute atomic E-state index is 0.464. The first kappa shape index (κ1) is 15.9. The Hall–Kier alpha value is -1.49. The van der Waals surface area contributed by atoms with E-state index in [1.807, 2.05) is 18.2 Å². The third-order valence-electron chi connectivity index (χ3n) is 4.04. The van der Waals surface area contributed by atoms with Crippen molar-refractivity contribution in [3.63, 3.8) is 0 Å². The van der Waals surface area contributed by atoms with Crippen LogP contribution < -0.4 is 20.1 Å². The Bertz CT molecular complexity index is 471. The summed E-state index contributed by atoms with van der Waals surface area (Å²) in [5.41, 5.74) is 0.868. The van der Waals surface area contributed by atoms with Crippen molar-refractivity contribution in [3.8, 4) is 11.5 Å². The first-order chi connectivity index (χ1) is 10.1. The predicted molar refractivity (Wildman–Crippen MR) is 90.3 cm³/mol. The maximum atomic E-state index is 5.42. The third kappa shape index (κ3) is 4.49. The second kappa shape index (κ2) is 7.50. The average molecular weight is 308 g/mol. The fourth-order valence-corrected chi connectivity index (χ4v) is 3.02. The first-order valence-electron chi connectivity index (χ1n) is 7.43. The largest absolute Gasteiger partial charge is 0.497 e. The van der Waals surface area contributed by atoms with Crippen molar-refractivity contribution in [2.45, 2.75) is 38.6 Å².